The van der Waals surface area contributed by atoms with Crippen molar-refractivity contribution in [1.82, 2.24) is 0 Å². The molecule has 2 N–H and O–H groups in total. The Balaban J connectivity index is 2.51. The van der Waals surface area contributed by atoms with Crippen LogP contribution in [0.1, 0.15) is 0 Å². The molecule has 0 spiro atoms. The summed E-state index contributed by atoms with van der Waals surface area (Å²) >= 11 is 0. The second-order valence-electron chi connectivity index (χ2n) is 3.66. The second kappa shape index (κ2) is 4.51. The lowest BCUT2D eigenvalue weighted by Gasteiger charge is -2.06. The third kappa shape index (κ3) is 2.57. The largest absolute Gasteiger partial charge is 0.508 e. The molecule has 0 radical (unpaired) electrons. The van der Waals surface area contributed by atoms with Crippen LogP contribution in [0.25, 0.3) is 11.1 Å². The van der Waals surface area contributed by atoms with Crippen molar-refractivity contribution < 1.29 is 18.6 Å². The highest BCUT2D eigenvalue weighted by molar-refractivity contribution is 8.13. The molecule has 2 rings (SSSR count). The minimum absolute atomic E-state index is 0.109. The summed E-state index contributed by atoms with van der Waals surface area (Å²) in [7, 11) is 1.32. The van der Waals surface area contributed by atoms with Gasteiger partial charge in [0.1, 0.15) is 11.5 Å². The van der Waals surface area contributed by atoms with E-state index in [9.17, 15) is 13.5 Å². The van der Waals surface area contributed by atoms with Crippen molar-refractivity contribution in [3.8, 4) is 22.6 Å². The zero-order chi connectivity index (χ0) is 13.3. The third-order valence-corrected chi connectivity index (χ3v) is 3.78. The zero-order valence-corrected chi connectivity index (χ0v) is 10.6. The van der Waals surface area contributed by atoms with E-state index in [1.165, 1.54) is 24.3 Å². The molecule has 0 aliphatic rings. The molecular formula is C12H9ClO4S. The minimum Gasteiger partial charge on any atom is -0.508 e. The van der Waals surface area contributed by atoms with Crippen molar-refractivity contribution in [2.75, 3.05) is 0 Å². The van der Waals surface area contributed by atoms with E-state index < -0.39 is 9.05 Å². The molecule has 0 aromatic heterocycles. The Morgan fingerprint density at radius 1 is 0.944 bits per heavy atom. The van der Waals surface area contributed by atoms with Crippen LogP contribution in [0.5, 0.6) is 11.5 Å². The molecule has 0 amide bonds. The molecule has 0 heterocycles. The van der Waals surface area contributed by atoms with Crippen LogP contribution in [0, 0.1) is 0 Å². The number of halogens is 1. The molecule has 0 fully saturated rings. The van der Waals surface area contributed by atoms with E-state index in [-0.39, 0.29) is 16.4 Å². The normalized spacial score (nSPS) is 11.4. The first-order chi connectivity index (χ1) is 8.38. The van der Waals surface area contributed by atoms with Crippen LogP contribution in [-0.4, -0.2) is 18.6 Å². The first-order valence-corrected chi connectivity index (χ1v) is 7.26. The number of phenolic OH excluding ortho intramolecular Hbond substituents is 2. The molecule has 94 valence electrons. The summed E-state index contributed by atoms with van der Waals surface area (Å²) in [6, 6.07) is 10.0. The van der Waals surface area contributed by atoms with E-state index >= 15 is 0 Å². The lowest BCUT2D eigenvalue weighted by atomic mass is 10.0. The van der Waals surface area contributed by atoms with Crippen LogP contribution in [0.4, 0.5) is 0 Å². The molecule has 0 bridgehead atoms. The van der Waals surface area contributed by atoms with E-state index in [1.807, 2.05) is 0 Å². The lowest BCUT2D eigenvalue weighted by Crippen LogP contribution is -1.90. The highest BCUT2D eigenvalue weighted by Crippen LogP contribution is 2.32. The van der Waals surface area contributed by atoms with Gasteiger partial charge in [-0.3, -0.25) is 0 Å². The number of hydrogen-bond donors (Lipinski definition) is 2. The Bertz CT molecular complexity index is 678. The number of hydrogen-bond acceptors (Lipinski definition) is 4. The Hall–Kier alpha value is -1.72. The lowest BCUT2D eigenvalue weighted by molar-refractivity contribution is 0.473. The van der Waals surface area contributed by atoms with Crippen LogP contribution in [0.3, 0.4) is 0 Å². The SMILES string of the molecule is O=S(=O)(Cl)c1ccc(-c2ccc(O)cc2)c(O)c1. The number of phenols is 2. The van der Waals surface area contributed by atoms with Crippen molar-refractivity contribution in [3.05, 3.63) is 42.5 Å². The monoisotopic (exact) mass is 284 g/mol. The summed E-state index contributed by atoms with van der Waals surface area (Å²) in [5.41, 5.74) is 1.11. The maximum absolute atomic E-state index is 11.1. The van der Waals surface area contributed by atoms with Gasteiger partial charge in [0.15, 0.2) is 0 Å². The van der Waals surface area contributed by atoms with Crippen molar-refractivity contribution in [2.45, 2.75) is 4.90 Å². The first kappa shape index (κ1) is 12.7. The van der Waals surface area contributed by atoms with E-state index in [4.69, 9.17) is 15.8 Å². The smallest absolute Gasteiger partial charge is 0.261 e. The van der Waals surface area contributed by atoms with Crippen molar-refractivity contribution in [1.29, 1.82) is 0 Å². The Morgan fingerprint density at radius 3 is 2.06 bits per heavy atom. The molecule has 0 atom stereocenters. The number of rotatable bonds is 2. The Kier molecular flexibility index (Phi) is 3.19. The first-order valence-electron chi connectivity index (χ1n) is 4.95. The predicted octanol–water partition coefficient (Wildman–Crippen LogP) is 2.69. The topological polar surface area (TPSA) is 74.6 Å². The fourth-order valence-corrected chi connectivity index (χ4v) is 2.32. The van der Waals surface area contributed by atoms with Crippen LogP contribution in [0.2, 0.25) is 0 Å². The van der Waals surface area contributed by atoms with Crippen molar-refractivity contribution in [2.24, 2.45) is 0 Å². The van der Waals surface area contributed by atoms with Gasteiger partial charge in [0.05, 0.1) is 4.90 Å². The van der Waals surface area contributed by atoms with Gasteiger partial charge in [-0.25, -0.2) is 8.42 Å². The van der Waals surface area contributed by atoms with Gasteiger partial charge in [-0.05, 0) is 29.8 Å². The molecule has 6 heteroatoms. The molecule has 0 aliphatic heterocycles. The molecule has 4 nitrogen and oxygen atoms in total. The predicted molar refractivity (Wildman–Crippen MR) is 68.2 cm³/mol. The summed E-state index contributed by atoms with van der Waals surface area (Å²) in [4.78, 5) is -0.163. The quantitative estimate of drug-likeness (QED) is 0.832. The van der Waals surface area contributed by atoms with Gasteiger partial charge in [0.25, 0.3) is 9.05 Å². The summed E-state index contributed by atoms with van der Waals surface area (Å²) in [6.07, 6.45) is 0. The molecule has 2 aromatic rings. The maximum Gasteiger partial charge on any atom is 0.261 e. The van der Waals surface area contributed by atoms with Crippen LogP contribution in [-0.2, 0) is 9.05 Å². The highest BCUT2D eigenvalue weighted by atomic mass is 35.7. The Labute approximate surface area is 109 Å². The van der Waals surface area contributed by atoms with Crippen molar-refractivity contribution in [3.63, 3.8) is 0 Å². The zero-order valence-electron chi connectivity index (χ0n) is 9.04. The molecule has 18 heavy (non-hydrogen) atoms. The van der Waals surface area contributed by atoms with Crippen molar-refractivity contribution >= 4 is 19.7 Å². The second-order valence-corrected chi connectivity index (χ2v) is 6.23. The van der Waals surface area contributed by atoms with E-state index in [1.54, 1.807) is 12.1 Å². The van der Waals surface area contributed by atoms with Gasteiger partial charge in [0.2, 0.25) is 0 Å². The molecule has 0 unspecified atom stereocenters. The standard InChI is InChI=1S/C12H9ClO4S/c13-18(16,17)10-5-6-11(12(15)7-10)8-1-3-9(14)4-2-8/h1-7,14-15H. The Morgan fingerprint density at radius 2 is 1.56 bits per heavy atom. The summed E-state index contributed by atoms with van der Waals surface area (Å²) in [5, 5.41) is 19.0. The summed E-state index contributed by atoms with van der Waals surface area (Å²) in [5.74, 6) is -0.0828. The molecule has 0 aliphatic carbocycles. The van der Waals surface area contributed by atoms with E-state index in [0.717, 1.165) is 6.07 Å². The molecule has 2 aromatic carbocycles. The average Bonchev–Trinajstić information content (AvgIpc) is 2.29. The third-order valence-electron chi connectivity index (χ3n) is 2.43. The van der Waals surface area contributed by atoms with E-state index in [2.05, 4.69) is 0 Å². The molecule has 0 saturated heterocycles. The van der Waals surface area contributed by atoms with Gasteiger partial charge in [-0.2, -0.15) is 0 Å². The summed E-state index contributed by atoms with van der Waals surface area (Å²) in [6.45, 7) is 0. The van der Waals surface area contributed by atoms with Gasteiger partial charge in [-0.15, -0.1) is 0 Å². The van der Waals surface area contributed by atoms with Crippen LogP contribution < -0.4 is 0 Å². The van der Waals surface area contributed by atoms with Crippen LogP contribution in [0.15, 0.2) is 47.4 Å². The fourth-order valence-electron chi connectivity index (χ4n) is 1.55. The molecule has 0 saturated carbocycles. The van der Waals surface area contributed by atoms with Crippen LogP contribution >= 0.6 is 10.7 Å². The number of aromatic hydroxyl groups is 2. The van der Waals surface area contributed by atoms with Gasteiger partial charge in [0, 0.05) is 22.3 Å². The van der Waals surface area contributed by atoms with Gasteiger partial charge >= 0.3 is 0 Å². The highest BCUT2D eigenvalue weighted by Gasteiger charge is 2.13. The summed E-state index contributed by atoms with van der Waals surface area (Å²) < 4.78 is 22.2. The van der Waals surface area contributed by atoms with Gasteiger partial charge in [-0.1, -0.05) is 12.1 Å². The minimum atomic E-state index is -3.86. The van der Waals surface area contributed by atoms with Gasteiger partial charge < -0.3 is 10.2 Å². The number of benzene rings is 2. The van der Waals surface area contributed by atoms with E-state index in [0.29, 0.717) is 11.1 Å². The average molecular weight is 285 g/mol. The fraction of sp³-hybridized carbons (Fsp3) is 0. The maximum atomic E-state index is 11.1. The molecular weight excluding hydrogens is 276 g/mol.